The molecule has 2 aromatic carbocycles. The molecule has 0 spiro atoms. The second-order valence-corrected chi connectivity index (χ2v) is 9.32. The van der Waals surface area contributed by atoms with E-state index in [1.807, 2.05) is 0 Å². The molecule has 1 N–H and O–H groups in total. The van der Waals surface area contributed by atoms with Crippen molar-refractivity contribution in [1.29, 1.82) is 0 Å². The van der Waals surface area contributed by atoms with Gasteiger partial charge >= 0.3 is 6.01 Å². The smallest absolute Gasteiger partial charge is 0.318 e. The Bertz CT molecular complexity index is 1150. The fourth-order valence-electron chi connectivity index (χ4n) is 5.87. The summed E-state index contributed by atoms with van der Waals surface area (Å²) in [5.74, 6) is 1.09. The van der Waals surface area contributed by atoms with E-state index >= 15 is 0 Å². The van der Waals surface area contributed by atoms with Gasteiger partial charge in [0.2, 0.25) is 0 Å². The molecule has 2 bridgehead atoms. The van der Waals surface area contributed by atoms with Crippen molar-refractivity contribution in [2.45, 2.75) is 51.2 Å². The summed E-state index contributed by atoms with van der Waals surface area (Å²) >= 11 is 0. The fraction of sp³-hybridized carbons (Fsp3) is 0.462. The third kappa shape index (κ3) is 3.28. The zero-order chi connectivity index (χ0) is 21.7. The second-order valence-electron chi connectivity index (χ2n) is 9.32. The number of aromatic nitrogens is 2. The Balaban J connectivity index is 1.39. The third-order valence-electron chi connectivity index (χ3n) is 7.41. The number of aryl methyl sites for hydroxylation is 1. The molecule has 4 heterocycles. The van der Waals surface area contributed by atoms with Gasteiger partial charge in [-0.3, -0.25) is 0 Å². The van der Waals surface area contributed by atoms with Crippen molar-refractivity contribution in [2.24, 2.45) is 0 Å². The quantitative estimate of drug-likeness (QED) is 0.683. The van der Waals surface area contributed by atoms with Gasteiger partial charge < -0.3 is 19.9 Å². The molecule has 166 valence electrons. The van der Waals surface area contributed by atoms with Crippen LogP contribution in [0.1, 0.15) is 36.6 Å². The van der Waals surface area contributed by atoms with Gasteiger partial charge in [0.25, 0.3) is 0 Å². The molecule has 2 unspecified atom stereocenters. The summed E-state index contributed by atoms with van der Waals surface area (Å²) in [6, 6.07) is 14.9. The van der Waals surface area contributed by atoms with Crippen molar-refractivity contribution in [2.75, 3.05) is 36.5 Å². The third-order valence-corrected chi connectivity index (χ3v) is 7.41. The number of anilines is 2. The molecule has 1 aromatic heterocycles. The Morgan fingerprint density at radius 2 is 1.81 bits per heavy atom. The van der Waals surface area contributed by atoms with Crippen molar-refractivity contribution in [3.05, 3.63) is 53.2 Å². The lowest BCUT2D eigenvalue weighted by Gasteiger charge is -2.37. The molecule has 2 fully saturated rings. The Morgan fingerprint density at radius 1 is 1.03 bits per heavy atom. The summed E-state index contributed by atoms with van der Waals surface area (Å²) in [5, 5.41) is 6.42. The summed E-state index contributed by atoms with van der Waals surface area (Å²) in [6.45, 7) is 6.05. The Morgan fingerprint density at radius 3 is 2.56 bits per heavy atom. The first-order valence-electron chi connectivity index (χ1n) is 11.9. The van der Waals surface area contributed by atoms with Crippen LogP contribution in [0.15, 0.2) is 36.4 Å². The molecule has 0 aliphatic carbocycles. The van der Waals surface area contributed by atoms with Gasteiger partial charge in [-0.2, -0.15) is 9.97 Å². The molecule has 0 saturated carbocycles. The fourth-order valence-corrected chi connectivity index (χ4v) is 5.87. The highest BCUT2D eigenvalue weighted by atomic mass is 16.5. The van der Waals surface area contributed by atoms with Crippen LogP contribution in [-0.4, -0.2) is 48.8 Å². The molecule has 32 heavy (non-hydrogen) atoms. The van der Waals surface area contributed by atoms with Crippen molar-refractivity contribution in [3.63, 3.8) is 0 Å². The topological polar surface area (TPSA) is 53.5 Å². The van der Waals surface area contributed by atoms with E-state index in [0.29, 0.717) is 18.1 Å². The van der Waals surface area contributed by atoms with Gasteiger partial charge in [0, 0.05) is 48.4 Å². The van der Waals surface area contributed by atoms with Gasteiger partial charge in [-0.25, -0.2) is 0 Å². The van der Waals surface area contributed by atoms with Gasteiger partial charge in [-0.15, -0.1) is 0 Å². The van der Waals surface area contributed by atoms with E-state index in [2.05, 4.69) is 58.4 Å². The summed E-state index contributed by atoms with van der Waals surface area (Å²) in [7, 11) is 1.67. The van der Waals surface area contributed by atoms with E-state index in [4.69, 9.17) is 14.7 Å². The number of piperazine rings is 1. The van der Waals surface area contributed by atoms with Crippen molar-refractivity contribution in [1.82, 2.24) is 15.3 Å². The second kappa shape index (κ2) is 7.93. The maximum absolute atomic E-state index is 5.55. The lowest BCUT2D eigenvalue weighted by atomic mass is 9.98. The van der Waals surface area contributed by atoms with Gasteiger partial charge in [-0.1, -0.05) is 37.3 Å². The predicted molar refractivity (Wildman–Crippen MR) is 129 cm³/mol. The number of nitrogens with zero attached hydrogens (tertiary/aromatic N) is 4. The molecule has 0 radical (unpaired) electrons. The highest BCUT2D eigenvalue weighted by Crippen LogP contribution is 2.36. The number of rotatable bonds is 4. The van der Waals surface area contributed by atoms with Crippen LogP contribution in [0, 0.1) is 0 Å². The first-order chi connectivity index (χ1) is 15.7. The molecule has 3 aliphatic heterocycles. The first-order valence-corrected chi connectivity index (χ1v) is 11.9. The predicted octanol–water partition coefficient (Wildman–Crippen LogP) is 3.70. The SMILES string of the molecule is CCc1cccc2cccc(N3CCc4c(nc(OC)nc4N4CC5CCC(C4)N5)C3)c12. The van der Waals surface area contributed by atoms with E-state index in [1.54, 1.807) is 7.11 Å². The lowest BCUT2D eigenvalue weighted by molar-refractivity contribution is 0.374. The highest BCUT2D eigenvalue weighted by molar-refractivity contribution is 5.97. The standard InChI is InChI=1S/C26H31N5O/c1-3-17-6-4-7-18-8-5-9-23(24(17)18)30-13-12-21-22(16-30)28-26(32-2)29-25(21)31-14-19-10-11-20(15-31)27-19/h4-9,19-20,27H,3,10-16H2,1-2H3. The van der Waals surface area contributed by atoms with Crippen molar-refractivity contribution >= 4 is 22.3 Å². The number of benzene rings is 2. The average molecular weight is 430 g/mol. The summed E-state index contributed by atoms with van der Waals surface area (Å²) in [4.78, 5) is 14.6. The number of ether oxygens (including phenoxy) is 1. The normalized spacial score (nSPS) is 22.3. The number of fused-ring (bicyclic) bond motifs is 4. The summed E-state index contributed by atoms with van der Waals surface area (Å²) < 4.78 is 5.55. The molecule has 6 nitrogen and oxygen atoms in total. The van der Waals surface area contributed by atoms with Crippen LogP contribution in [0.5, 0.6) is 6.01 Å². The molecule has 6 heteroatoms. The molecular formula is C26H31N5O. The van der Waals surface area contributed by atoms with Crippen LogP contribution in [0.25, 0.3) is 10.8 Å². The minimum Gasteiger partial charge on any atom is -0.467 e. The Hall–Kier alpha value is -2.86. The number of hydrogen-bond acceptors (Lipinski definition) is 6. The van der Waals surface area contributed by atoms with Crippen molar-refractivity contribution < 1.29 is 4.74 Å². The minimum absolute atomic E-state index is 0.485. The van der Waals surface area contributed by atoms with Crippen LogP contribution >= 0.6 is 0 Å². The van der Waals surface area contributed by atoms with Gasteiger partial charge in [0.15, 0.2) is 0 Å². The van der Waals surface area contributed by atoms with Gasteiger partial charge in [-0.05, 0) is 42.7 Å². The summed E-state index contributed by atoms with van der Waals surface area (Å²) in [5.41, 5.74) is 5.13. The van der Waals surface area contributed by atoms with Crippen LogP contribution in [0.3, 0.4) is 0 Å². The molecule has 2 atom stereocenters. The zero-order valence-corrected chi connectivity index (χ0v) is 19.0. The Kier molecular flexibility index (Phi) is 4.90. The first kappa shape index (κ1) is 19.8. The molecular weight excluding hydrogens is 398 g/mol. The zero-order valence-electron chi connectivity index (χ0n) is 19.0. The monoisotopic (exact) mass is 429 g/mol. The highest BCUT2D eigenvalue weighted by Gasteiger charge is 2.35. The van der Waals surface area contributed by atoms with Gasteiger partial charge in [0.1, 0.15) is 5.82 Å². The maximum Gasteiger partial charge on any atom is 0.318 e. The van der Waals surface area contributed by atoms with E-state index < -0.39 is 0 Å². The number of nitrogens with one attached hydrogen (secondary N) is 1. The molecule has 0 amide bonds. The van der Waals surface area contributed by atoms with E-state index in [1.165, 1.54) is 40.4 Å². The van der Waals surface area contributed by atoms with Crippen LogP contribution < -0.4 is 19.9 Å². The summed E-state index contributed by atoms with van der Waals surface area (Å²) in [6.07, 6.45) is 4.52. The Labute approximate surface area is 189 Å². The van der Waals surface area contributed by atoms with Gasteiger partial charge in [0.05, 0.1) is 19.3 Å². The minimum atomic E-state index is 0.485. The number of methoxy groups -OCH3 is 1. The van der Waals surface area contributed by atoms with E-state index in [-0.39, 0.29) is 0 Å². The van der Waals surface area contributed by atoms with Crippen LogP contribution in [0.2, 0.25) is 0 Å². The molecule has 2 saturated heterocycles. The molecule has 3 aliphatic rings. The van der Waals surface area contributed by atoms with Crippen LogP contribution in [0.4, 0.5) is 11.5 Å². The van der Waals surface area contributed by atoms with Crippen molar-refractivity contribution in [3.8, 4) is 6.01 Å². The molecule has 3 aromatic rings. The molecule has 6 rings (SSSR count). The lowest BCUT2D eigenvalue weighted by Crippen LogP contribution is -2.52. The van der Waals surface area contributed by atoms with E-state index in [0.717, 1.165) is 50.5 Å². The number of hydrogen-bond donors (Lipinski definition) is 1. The maximum atomic E-state index is 5.55. The largest absolute Gasteiger partial charge is 0.467 e. The van der Waals surface area contributed by atoms with E-state index in [9.17, 15) is 0 Å². The van der Waals surface area contributed by atoms with Crippen LogP contribution in [-0.2, 0) is 19.4 Å². The average Bonchev–Trinajstić information content (AvgIpc) is 3.19.